The Morgan fingerprint density at radius 2 is 1.86 bits per heavy atom. The van der Waals surface area contributed by atoms with Gasteiger partial charge in [0.1, 0.15) is 11.6 Å². The summed E-state index contributed by atoms with van der Waals surface area (Å²) in [6.07, 6.45) is 1.38. The van der Waals surface area contributed by atoms with Gasteiger partial charge in [0.15, 0.2) is 0 Å². The molecular weight excluding hydrogens is 450 g/mol. The molecule has 0 bridgehead atoms. The first-order valence-corrected chi connectivity index (χ1v) is 8.97. The number of carbonyl (C=O) groups is 1. The first-order valence-electron chi connectivity index (χ1n) is 8.18. The normalized spacial score (nSPS) is 10.5. The van der Waals surface area contributed by atoms with E-state index in [1.165, 1.54) is 43.5 Å². The molecule has 0 saturated carbocycles. The molecule has 1 aromatic heterocycles. The van der Waals surface area contributed by atoms with Crippen molar-refractivity contribution in [2.24, 2.45) is 0 Å². The van der Waals surface area contributed by atoms with Crippen molar-refractivity contribution in [3.8, 4) is 11.1 Å². The molecule has 10 heteroatoms. The number of halogens is 3. The number of aromatic nitrogens is 1. The summed E-state index contributed by atoms with van der Waals surface area (Å²) >= 11 is 3.13. The molecule has 0 fully saturated rings. The Morgan fingerprint density at radius 1 is 1.14 bits per heavy atom. The van der Waals surface area contributed by atoms with Crippen LogP contribution in [0.1, 0.15) is 6.92 Å². The number of benzene rings is 2. The number of anilines is 3. The van der Waals surface area contributed by atoms with Crippen molar-refractivity contribution in [1.29, 1.82) is 0 Å². The van der Waals surface area contributed by atoms with Crippen LogP contribution in [0.15, 0.2) is 53.1 Å². The second kappa shape index (κ2) is 8.31. The number of pyridine rings is 1. The van der Waals surface area contributed by atoms with Crippen LogP contribution in [0.2, 0.25) is 0 Å². The number of carbonyl (C=O) groups excluding carboxylic acids is 1. The lowest BCUT2D eigenvalue weighted by atomic mass is 10.0. The third-order valence-corrected chi connectivity index (χ3v) is 4.22. The van der Waals surface area contributed by atoms with Gasteiger partial charge < -0.3 is 10.6 Å². The van der Waals surface area contributed by atoms with E-state index < -0.39 is 16.6 Å². The van der Waals surface area contributed by atoms with Crippen LogP contribution in [0.4, 0.5) is 31.7 Å². The molecule has 148 valence electrons. The Labute approximate surface area is 172 Å². The lowest BCUT2D eigenvalue weighted by Crippen LogP contribution is -2.07. The van der Waals surface area contributed by atoms with Crippen LogP contribution in [0.3, 0.4) is 0 Å². The van der Waals surface area contributed by atoms with Crippen LogP contribution in [0.25, 0.3) is 11.1 Å². The SMILES string of the molecule is CC(=O)Nc1cc(Nc2ncc(Br)cc2[N+](=O)[O-])cc(-c2ccc(F)cc2F)c1. The van der Waals surface area contributed by atoms with E-state index in [0.717, 1.165) is 12.1 Å². The average Bonchev–Trinajstić information content (AvgIpc) is 2.62. The number of rotatable bonds is 5. The molecule has 0 aliphatic rings. The summed E-state index contributed by atoms with van der Waals surface area (Å²) in [5.41, 5.74) is 0.781. The van der Waals surface area contributed by atoms with Crippen LogP contribution >= 0.6 is 15.9 Å². The zero-order chi connectivity index (χ0) is 21.1. The summed E-state index contributed by atoms with van der Waals surface area (Å²) in [4.78, 5) is 26.2. The fourth-order valence-electron chi connectivity index (χ4n) is 2.66. The van der Waals surface area contributed by atoms with Crippen molar-refractivity contribution in [1.82, 2.24) is 4.98 Å². The largest absolute Gasteiger partial charge is 0.334 e. The molecule has 29 heavy (non-hydrogen) atoms. The summed E-state index contributed by atoms with van der Waals surface area (Å²) in [6, 6.07) is 8.93. The van der Waals surface area contributed by atoms with E-state index in [1.54, 1.807) is 0 Å². The molecule has 1 heterocycles. The summed E-state index contributed by atoms with van der Waals surface area (Å²) < 4.78 is 27.9. The van der Waals surface area contributed by atoms with E-state index in [-0.39, 0.29) is 23.0 Å². The molecule has 2 aromatic carbocycles. The van der Waals surface area contributed by atoms with E-state index in [9.17, 15) is 23.7 Å². The van der Waals surface area contributed by atoms with Crippen LogP contribution in [-0.4, -0.2) is 15.8 Å². The minimum Gasteiger partial charge on any atom is -0.334 e. The molecule has 0 spiro atoms. The predicted octanol–water partition coefficient (Wildman–Crippen LogP) is 5.40. The van der Waals surface area contributed by atoms with Gasteiger partial charge >= 0.3 is 5.69 Å². The number of nitrogens with zero attached hydrogens (tertiary/aromatic N) is 2. The van der Waals surface area contributed by atoms with Crippen molar-refractivity contribution < 1.29 is 18.5 Å². The smallest absolute Gasteiger partial charge is 0.312 e. The number of hydrogen-bond donors (Lipinski definition) is 2. The van der Waals surface area contributed by atoms with Gasteiger partial charge in [0, 0.05) is 46.7 Å². The summed E-state index contributed by atoms with van der Waals surface area (Å²) in [6.45, 7) is 1.30. The molecule has 3 aromatic rings. The quantitative estimate of drug-likeness (QED) is 0.390. The fraction of sp³-hybridized carbons (Fsp3) is 0.0526. The lowest BCUT2D eigenvalue weighted by molar-refractivity contribution is -0.384. The Hall–Kier alpha value is -3.40. The summed E-state index contributed by atoms with van der Waals surface area (Å²) in [5, 5.41) is 16.7. The first kappa shape index (κ1) is 20.3. The molecule has 0 aliphatic heterocycles. The van der Waals surface area contributed by atoms with Crippen LogP contribution in [0.5, 0.6) is 0 Å². The summed E-state index contributed by atoms with van der Waals surface area (Å²) in [5.74, 6) is -1.91. The highest BCUT2D eigenvalue weighted by Crippen LogP contribution is 2.33. The standard InChI is InChI=1S/C19H13BrF2N4O3/c1-10(27)24-14-4-11(16-3-2-13(21)7-17(16)22)5-15(8-14)25-19-18(26(28)29)6-12(20)9-23-19/h2-9H,1H3,(H,23,25)(H,24,27). The lowest BCUT2D eigenvalue weighted by Gasteiger charge is -2.13. The molecule has 0 radical (unpaired) electrons. The second-order valence-corrected chi connectivity index (χ2v) is 6.92. The highest BCUT2D eigenvalue weighted by atomic mass is 79.9. The monoisotopic (exact) mass is 462 g/mol. The molecule has 2 N–H and O–H groups in total. The van der Waals surface area contributed by atoms with Gasteiger partial charge in [0.05, 0.1) is 4.92 Å². The van der Waals surface area contributed by atoms with Crippen molar-refractivity contribution in [2.45, 2.75) is 6.92 Å². The fourth-order valence-corrected chi connectivity index (χ4v) is 2.97. The van der Waals surface area contributed by atoms with Crippen LogP contribution in [-0.2, 0) is 4.79 Å². The third-order valence-electron chi connectivity index (χ3n) is 3.79. The van der Waals surface area contributed by atoms with Crippen molar-refractivity contribution in [3.05, 3.63) is 74.9 Å². The molecule has 0 aliphatic carbocycles. The van der Waals surface area contributed by atoms with Gasteiger partial charge in [0.2, 0.25) is 11.7 Å². The van der Waals surface area contributed by atoms with Crippen molar-refractivity contribution in [2.75, 3.05) is 10.6 Å². The highest BCUT2D eigenvalue weighted by molar-refractivity contribution is 9.10. The van der Waals surface area contributed by atoms with Crippen LogP contribution < -0.4 is 10.6 Å². The number of nitrogens with one attached hydrogen (secondary N) is 2. The number of nitro groups is 1. The average molecular weight is 463 g/mol. The van der Waals surface area contributed by atoms with E-state index in [4.69, 9.17) is 0 Å². The minimum absolute atomic E-state index is 0.0382. The third kappa shape index (κ3) is 4.91. The zero-order valence-corrected chi connectivity index (χ0v) is 16.5. The Balaban J connectivity index is 2.09. The van der Waals surface area contributed by atoms with E-state index in [2.05, 4.69) is 31.5 Å². The predicted molar refractivity (Wildman–Crippen MR) is 108 cm³/mol. The van der Waals surface area contributed by atoms with Crippen molar-refractivity contribution in [3.63, 3.8) is 0 Å². The molecule has 0 unspecified atom stereocenters. The summed E-state index contributed by atoms with van der Waals surface area (Å²) in [7, 11) is 0. The Bertz CT molecular complexity index is 1120. The van der Waals surface area contributed by atoms with Gasteiger partial charge in [-0.05, 0) is 51.8 Å². The van der Waals surface area contributed by atoms with Gasteiger partial charge in [-0.2, -0.15) is 0 Å². The zero-order valence-electron chi connectivity index (χ0n) is 14.9. The van der Waals surface area contributed by atoms with Gasteiger partial charge in [0.25, 0.3) is 0 Å². The molecule has 1 amide bonds. The van der Waals surface area contributed by atoms with Gasteiger partial charge in [-0.25, -0.2) is 13.8 Å². The Morgan fingerprint density at radius 3 is 2.52 bits per heavy atom. The van der Waals surface area contributed by atoms with Gasteiger partial charge in [-0.15, -0.1) is 0 Å². The minimum atomic E-state index is -0.788. The van der Waals surface area contributed by atoms with Crippen molar-refractivity contribution >= 4 is 44.7 Å². The first-order chi connectivity index (χ1) is 13.7. The molecule has 0 atom stereocenters. The Kier molecular flexibility index (Phi) is 5.83. The molecule has 0 saturated heterocycles. The molecular formula is C19H13BrF2N4O3. The maximum atomic E-state index is 14.2. The molecule has 3 rings (SSSR count). The van der Waals surface area contributed by atoms with E-state index in [0.29, 0.717) is 21.4 Å². The topological polar surface area (TPSA) is 97.2 Å². The van der Waals surface area contributed by atoms with E-state index >= 15 is 0 Å². The van der Waals surface area contributed by atoms with Gasteiger partial charge in [-0.3, -0.25) is 14.9 Å². The second-order valence-electron chi connectivity index (χ2n) is 6.01. The maximum absolute atomic E-state index is 14.2. The number of amides is 1. The highest BCUT2D eigenvalue weighted by Gasteiger charge is 2.17. The molecule has 7 nitrogen and oxygen atoms in total. The van der Waals surface area contributed by atoms with E-state index in [1.807, 2.05) is 0 Å². The van der Waals surface area contributed by atoms with Gasteiger partial charge in [-0.1, -0.05) is 0 Å². The maximum Gasteiger partial charge on any atom is 0.312 e. The number of hydrogen-bond acceptors (Lipinski definition) is 5. The van der Waals surface area contributed by atoms with Crippen LogP contribution in [0, 0.1) is 21.7 Å².